The second-order valence-electron chi connectivity index (χ2n) is 6.97. The van der Waals surface area contributed by atoms with E-state index in [9.17, 15) is 27.9 Å². The van der Waals surface area contributed by atoms with Gasteiger partial charge in [0, 0.05) is 17.6 Å². The molecule has 1 aliphatic rings. The van der Waals surface area contributed by atoms with Crippen LogP contribution in [0.3, 0.4) is 0 Å². The van der Waals surface area contributed by atoms with Crippen LogP contribution in [-0.4, -0.2) is 35.4 Å². The molecular weight excluding hydrogens is 421 g/mol. The molecule has 0 radical (unpaired) electrons. The number of nitrogens with zero attached hydrogens (tertiary/aromatic N) is 1. The zero-order chi connectivity index (χ0) is 22.2. The predicted octanol–water partition coefficient (Wildman–Crippen LogP) is 4.49. The Morgan fingerprint density at radius 3 is 2.50 bits per heavy atom. The van der Waals surface area contributed by atoms with Crippen molar-refractivity contribution >= 4 is 23.4 Å². The van der Waals surface area contributed by atoms with E-state index in [2.05, 4.69) is 5.32 Å². The Morgan fingerprint density at radius 1 is 1.23 bits per heavy atom. The number of aliphatic hydroxyl groups is 1. The summed E-state index contributed by atoms with van der Waals surface area (Å²) in [6.45, 7) is 1.62. The van der Waals surface area contributed by atoms with E-state index in [0.717, 1.165) is 6.07 Å². The second-order valence-corrected chi connectivity index (χ2v) is 7.38. The van der Waals surface area contributed by atoms with Crippen molar-refractivity contribution in [2.45, 2.75) is 19.1 Å². The third kappa shape index (κ3) is 4.14. The zero-order valence-electron chi connectivity index (χ0n) is 16.0. The molecule has 0 fully saturated rings. The van der Waals surface area contributed by atoms with Gasteiger partial charge in [-0.15, -0.1) is 0 Å². The molecule has 30 heavy (non-hydrogen) atoms. The van der Waals surface area contributed by atoms with Gasteiger partial charge in [-0.05, 0) is 36.2 Å². The summed E-state index contributed by atoms with van der Waals surface area (Å²) in [6.07, 6.45) is -4.58. The van der Waals surface area contributed by atoms with Gasteiger partial charge in [0.1, 0.15) is 0 Å². The molecule has 0 bridgehead atoms. The standard InChI is InChI=1S/C21H18ClF3N2O3/c1-11(26-19(29)14-10-27(2)20(30)18(14)28)12-5-3-6-13(9-12)17-15(21(23,24)25)7-4-8-16(17)22/h3-9,11,28H,10H2,1-2H3,(H,26,29)/t11-/m1/s1. The molecule has 0 unspecified atom stereocenters. The summed E-state index contributed by atoms with van der Waals surface area (Å²) in [4.78, 5) is 25.3. The van der Waals surface area contributed by atoms with Gasteiger partial charge in [0.05, 0.1) is 23.7 Å². The number of likely N-dealkylation sites (N-methyl/N-ethyl adjacent to an activating group) is 1. The van der Waals surface area contributed by atoms with E-state index in [4.69, 9.17) is 11.6 Å². The molecule has 1 heterocycles. The van der Waals surface area contributed by atoms with Crippen molar-refractivity contribution in [3.63, 3.8) is 0 Å². The summed E-state index contributed by atoms with van der Waals surface area (Å²) in [5, 5.41) is 12.4. The van der Waals surface area contributed by atoms with Crippen LogP contribution in [0.2, 0.25) is 5.02 Å². The fraction of sp³-hybridized carbons (Fsp3) is 0.238. The van der Waals surface area contributed by atoms with Crippen LogP contribution in [0.15, 0.2) is 53.8 Å². The van der Waals surface area contributed by atoms with Gasteiger partial charge in [0.25, 0.3) is 11.8 Å². The molecule has 0 saturated carbocycles. The number of amides is 2. The van der Waals surface area contributed by atoms with Crippen molar-refractivity contribution in [2.75, 3.05) is 13.6 Å². The van der Waals surface area contributed by atoms with Gasteiger partial charge in [-0.1, -0.05) is 35.9 Å². The Kier molecular flexibility index (Phi) is 5.81. The van der Waals surface area contributed by atoms with Crippen LogP contribution in [0.25, 0.3) is 11.1 Å². The van der Waals surface area contributed by atoms with Crippen LogP contribution >= 0.6 is 11.6 Å². The maximum atomic E-state index is 13.4. The van der Waals surface area contributed by atoms with Crippen LogP contribution in [0, 0.1) is 0 Å². The van der Waals surface area contributed by atoms with Crippen LogP contribution in [0.1, 0.15) is 24.1 Å². The molecular formula is C21H18ClF3N2O3. The number of carbonyl (C=O) groups is 2. The summed E-state index contributed by atoms with van der Waals surface area (Å²) in [7, 11) is 1.45. The molecule has 1 atom stereocenters. The first kappa shape index (κ1) is 21.7. The molecule has 3 rings (SSSR count). The van der Waals surface area contributed by atoms with Gasteiger partial charge in [-0.3, -0.25) is 9.59 Å². The number of hydrogen-bond donors (Lipinski definition) is 2. The SMILES string of the molecule is C[C@@H](NC(=O)C1=C(O)C(=O)N(C)C1)c1cccc(-c2c(Cl)cccc2C(F)(F)F)c1. The summed E-state index contributed by atoms with van der Waals surface area (Å²) in [5.41, 5.74) is -0.270. The number of hydrogen-bond acceptors (Lipinski definition) is 3. The molecule has 5 nitrogen and oxygen atoms in total. The number of rotatable bonds is 4. The van der Waals surface area contributed by atoms with Gasteiger partial charge >= 0.3 is 6.18 Å². The highest BCUT2D eigenvalue weighted by Gasteiger charge is 2.35. The summed E-state index contributed by atoms with van der Waals surface area (Å²) in [6, 6.07) is 9.22. The van der Waals surface area contributed by atoms with Crippen molar-refractivity contribution in [3.8, 4) is 11.1 Å². The highest BCUT2D eigenvalue weighted by atomic mass is 35.5. The first-order chi connectivity index (χ1) is 14.0. The quantitative estimate of drug-likeness (QED) is 0.739. The molecule has 158 valence electrons. The number of benzene rings is 2. The van der Waals surface area contributed by atoms with Crippen molar-refractivity contribution < 1.29 is 27.9 Å². The van der Waals surface area contributed by atoms with E-state index >= 15 is 0 Å². The monoisotopic (exact) mass is 438 g/mol. The molecule has 2 N–H and O–H groups in total. The Hall–Kier alpha value is -3.00. The zero-order valence-corrected chi connectivity index (χ0v) is 16.8. The molecule has 2 aromatic rings. The number of halogens is 4. The van der Waals surface area contributed by atoms with Crippen molar-refractivity contribution in [3.05, 3.63) is 69.9 Å². The molecule has 2 amide bonds. The van der Waals surface area contributed by atoms with E-state index in [1.165, 1.54) is 36.2 Å². The van der Waals surface area contributed by atoms with E-state index < -0.39 is 35.4 Å². The molecule has 2 aromatic carbocycles. The van der Waals surface area contributed by atoms with Crippen molar-refractivity contribution in [1.82, 2.24) is 10.2 Å². The van der Waals surface area contributed by atoms with E-state index in [-0.39, 0.29) is 28.3 Å². The second kappa shape index (κ2) is 8.02. The van der Waals surface area contributed by atoms with Crippen molar-refractivity contribution in [1.29, 1.82) is 0 Å². The highest BCUT2D eigenvalue weighted by molar-refractivity contribution is 6.33. The fourth-order valence-corrected chi connectivity index (χ4v) is 3.54. The van der Waals surface area contributed by atoms with Gasteiger partial charge < -0.3 is 15.3 Å². The summed E-state index contributed by atoms with van der Waals surface area (Å²) >= 11 is 6.08. The first-order valence-corrected chi connectivity index (χ1v) is 9.33. The van der Waals surface area contributed by atoms with Crippen LogP contribution in [0.4, 0.5) is 13.2 Å². The minimum absolute atomic E-state index is 0.0299. The first-order valence-electron chi connectivity index (χ1n) is 8.95. The van der Waals surface area contributed by atoms with Crippen molar-refractivity contribution in [2.24, 2.45) is 0 Å². The van der Waals surface area contributed by atoms with Gasteiger partial charge in [-0.2, -0.15) is 13.2 Å². The van der Waals surface area contributed by atoms with E-state index in [1.807, 2.05) is 0 Å². The lowest BCUT2D eigenvalue weighted by atomic mass is 9.96. The average molecular weight is 439 g/mol. The van der Waals surface area contributed by atoms with Crippen LogP contribution in [0.5, 0.6) is 0 Å². The molecule has 0 aliphatic carbocycles. The normalized spacial score (nSPS) is 15.5. The smallest absolute Gasteiger partial charge is 0.417 e. The number of carbonyl (C=O) groups excluding carboxylic acids is 2. The molecule has 0 saturated heterocycles. The maximum Gasteiger partial charge on any atom is 0.417 e. The molecule has 9 heteroatoms. The fourth-order valence-electron chi connectivity index (χ4n) is 3.26. The summed E-state index contributed by atoms with van der Waals surface area (Å²) in [5.74, 6) is -1.88. The minimum atomic E-state index is -4.58. The average Bonchev–Trinajstić information content (AvgIpc) is 2.94. The van der Waals surface area contributed by atoms with Gasteiger partial charge in [0.2, 0.25) is 0 Å². The molecule has 0 spiro atoms. The Balaban J connectivity index is 1.90. The lowest BCUT2D eigenvalue weighted by Crippen LogP contribution is -2.30. The van der Waals surface area contributed by atoms with E-state index in [0.29, 0.717) is 5.56 Å². The maximum absolute atomic E-state index is 13.4. The van der Waals surface area contributed by atoms with Gasteiger partial charge in [0.15, 0.2) is 5.76 Å². The van der Waals surface area contributed by atoms with E-state index in [1.54, 1.807) is 19.1 Å². The van der Waals surface area contributed by atoms with Crippen LogP contribution in [-0.2, 0) is 15.8 Å². The summed E-state index contributed by atoms with van der Waals surface area (Å²) < 4.78 is 40.3. The number of aliphatic hydroxyl groups excluding tert-OH is 1. The number of nitrogens with one attached hydrogen (secondary N) is 1. The molecule has 0 aromatic heterocycles. The van der Waals surface area contributed by atoms with Crippen LogP contribution < -0.4 is 5.32 Å². The Morgan fingerprint density at radius 2 is 1.90 bits per heavy atom. The lowest BCUT2D eigenvalue weighted by Gasteiger charge is -2.18. The predicted molar refractivity (Wildman–Crippen MR) is 106 cm³/mol. The lowest BCUT2D eigenvalue weighted by molar-refractivity contribution is -0.137. The highest BCUT2D eigenvalue weighted by Crippen LogP contribution is 2.41. The Bertz CT molecular complexity index is 1050. The largest absolute Gasteiger partial charge is 0.503 e. The molecule has 1 aliphatic heterocycles. The third-order valence-electron chi connectivity index (χ3n) is 4.85. The minimum Gasteiger partial charge on any atom is -0.503 e. The topological polar surface area (TPSA) is 69.6 Å². The van der Waals surface area contributed by atoms with Gasteiger partial charge in [-0.25, -0.2) is 0 Å². The third-order valence-corrected chi connectivity index (χ3v) is 5.16. The Labute approximate surface area is 175 Å². The number of alkyl halides is 3.